The maximum atomic E-state index is 4.34. The molecule has 0 atom stereocenters. The van der Waals surface area contributed by atoms with Crippen LogP contribution >= 0.6 is 12.8 Å². The highest BCUT2D eigenvalue weighted by atomic mass is 32.1. The third-order valence-corrected chi connectivity index (χ3v) is 2.03. The fourth-order valence-corrected chi connectivity index (χ4v) is 1.53. The van der Waals surface area contributed by atoms with Crippen molar-refractivity contribution in [2.45, 2.75) is 6.92 Å². The normalized spacial score (nSPS) is 10.5. The van der Waals surface area contributed by atoms with Crippen LogP contribution in [0.15, 0.2) is 24.3 Å². The molecule has 62 valence electrons. The third-order valence-electron chi connectivity index (χ3n) is 1.83. The molecule has 0 spiro atoms. The summed E-state index contributed by atoms with van der Waals surface area (Å²) in [6, 6.07) is 7.92. The summed E-state index contributed by atoms with van der Waals surface area (Å²) < 4.78 is 1.83. The van der Waals surface area contributed by atoms with Gasteiger partial charge in [0.25, 0.3) is 0 Å². The van der Waals surface area contributed by atoms with Crippen LogP contribution < -0.4 is 4.83 Å². The van der Waals surface area contributed by atoms with Gasteiger partial charge in [0.1, 0.15) is 5.82 Å². The first kappa shape index (κ1) is 7.49. The van der Waals surface area contributed by atoms with Gasteiger partial charge >= 0.3 is 0 Å². The van der Waals surface area contributed by atoms with E-state index in [-0.39, 0.29) is 0 Å². The standard InChI is InChI=1S/C8H9N3S/c1-6-9-7-4-2-3-5-8(7)11(6)10-12/h2-5,10,12H,1H3. The Morgan fingerprint density at radius 1 is 1.42 bits per heavy atom. The van der Waals surface area contributed by atoms with Crippen LogP contribution in [0.1, 0.15) is 5.82 Å². The van der Waals surface area contributed by atoms with Crippen molar-refractivity contribution in [2.24, 2.45) is 0 Å². The largest absolute Gasteiger partial charge is 0.269 e. The zero-order valence-electron chi connectivity index (χ0n) is 6.65. The number of aromatic nitrogens is 2. The van der Waals surface area contributed by atoms with Crippen molar-refractivity contribution in [1.82, 2.24) is 9.66 Å². The van der Waals surface area contributed by atoms with Gasteiger partial charge in [0.15, 0.2) is 0 Å². The monoisotopic (exact) mass is 179 g/mol. The van der Waals surface area contributed by atoms with E-state index in [9.17, 15) is 0 Å². The molecule has 1 heterocycles. The molecule has 0 saturated carbocycles. The second-order valence-corrected chi connectivity index (χ2v) is 2.78. The minimum Gasteiger partial charge on any atom is -0.269 e. The van der Waals surface area contributed by atoms with Gasteiger partial charge in [-0.25, -0.2) is 9.66 Å². The lowest BCUT2D eigenvalue weighted by molar-refractivity contribution is 0.959. The van der Waals surface area contributed by atoms with Gasteiger partial charge in [-0.1, -0.05) is 24.9 Å². The minimum absolute atomic E-state index is 0.909. The number of nitrogens with zero attached hydrogens (tertiary/aromatic N) is 2. The van der Waals surface area contributed by atoms with Gasteiger partial charge in [-0.3, -0.25) is 4.83 Å². The molecule has 0 radical (unpaired) electrons. The molecule has 0 unspecified atom stereocenters. The first-order chi connectivity index (χ1) is 5.83. The van der Waals surface area contributed by atoms with Gasteiger partial charge in [-0.15, -0.1) is 0 Å². The lowest BCUT2D eigenvalue weighted by atomic mass is 10.3. The van der Waals surface area contributed by atoms with Crippen molar-refractivity contribution in [3.8, 4) is 0 Å². The summed E-state index contributed by atoms with van der Waals surface area (Å²) in [5.41, 5.74) is 2.03. The summed E-state index contributed by atoms with van der Waals surface area (Å²) in [7, 11) is 0. The molecule has 1 aromatic heterocycles. The second kappa shape index (κ2) is 2.71. The molecule has 0 bridgehead atoms. The van der Waals surface area contributed by atoms with Crippen molar-refractivity contribution >= 4 is 23.8 Å². The van der Waals surface area contributed by atoms with Crippen LogP contribution in [0.2, 0.25) is 0 Å². The Morgan fingerprint density at radius 2 is 2.17 bits per heavy atom. The maximum Gasteiger partial charge on any atom is 0.126 e. The molecule has 1 N–H and O–H groups in total. The lowest BCUT2D eigenvalue weighted by Crippen LogP contribution is -2.04. The molecular weight excluding hydrogens is 170 g/mol. The molecule has 4 heteroatoms. The molecule has 0 aliphatic heterocycles. The first-order valence-corrected chi connectivity index (χ1v) is 4.12. The Kier molecular flexibility index (Phi) is 1.69. The molecule has 3 nitrogen and oxygen atoms in total. The Bertz CT molecular complexity index is 408. The number of hydrogen-bond acceptors (Lipinski definition) is 3. The van der Waals surface area contributed by atoms with E-state index < -0.39 is 0 Å². The van der Waals surface area contributed by atoms with Crippen molar-refractivity contribution in [2.75, 3.05) is 4.83 Å². The third kappa shape index (κ3) is 0.956. The SMILES string of the molecule is Cc1nc2ccccc2n1NS. The first-order valence-electron chi connectivity index (χ1n) is 3.67. The summed E-state index contributed by atoms with van der Waals surface area (Å²) in [5.74, 6) is 0.909. The van der Waals surface area contributed by atoms with Crippen LogP contribution in [0.25, 0.3) is 11.0 Å². The molecule has 12 heavy (non-hydrogen) atoms. The van der Waals surface area contributed by atoms with Crippen LogP contribution in [0.5, 0.6) is 0 Å². The highest BCUT2D eigenvalue weighted by Gasteiger charge is 2.03. The predicted molar refractivity (Wildman–Crippen MR) is 52.8 cm³/mol. The molecule has 0 saturated heterocycles. The molecule has 2 aromatic rings. The van der Waals surface area contributed by atoms with Gasteiger partial charge < -0.3 is 0 Å². The minimum atomic E-state index is 0.909. The van der Waals surface area contributed by atoms with Crippen molar-refractivity contribution in [3.05, 3.63) is 30.1 Å². The molecule has 0 aliphatic carbocycles. The summed E-state index contributed by atoms with van der Waals surface area (Å²) in [6.45, 7) is 1.93. The van der Waals surface area contributed by atoms with Crippen LogP contribution in [0.3, 0.4) is 0 Å². The zero-order chi connectivity index (χ0) is 8.55. The number of aryl methyl sites for hydroxylation is 1. The molecular formula is C8H9N3S. The van der Waals surface area contributed by atoms with E-state index in [2.05, 4.69) is 22.6 Å². The highest BCUT2D eigenvalue weighted by Crippen LogP contribution is 2.13. The summed E-state index contributed by atoms with van der Waals surface area (Å²) >= 11 is 3.99. The quantitative estimate of drug-likeness (QED) is 0.653. The topological polar surface area (TPSA) is 29.9 Å². The van der Waals surface area contributed by atoms with Crippen LogP contribution in [-0.4, -0.2) is 9.66 Å². The number of thiol groups is 1. The summed E-state index contributed by atoms with van der Waals surface area (Å²) in [5, 5.41) is 0. The van der Waals surface area contributed by atoms with Gasteiger partial charge in [0.2, 0.25) is 0 Å². The van der Waals surface area contributed by atoms with Gasteiger partial charge in [0.05, 0.1) is 11.0 Å². The molecule has 0 fully saturated rings. The van der Waals surface area contributed by atoms with Crippen molar-refractivity contribution in [3.63, 3.8) is 0 Å². The Hall–Kier alpha value is -1.16. The highest BCUT2D eigenvalue weighted by molar-refractivity contribution is 7.81. The van der Waals surface area contributed by atoms with Gasteiger partial charge in [-0.05, 0) is 19.1 Å². The van der Waals surface area contributed by atoms with Crippen molar-refractivity contribution in [1.29, 1.82) is 0 Å². The second-order valence-electron chi connectivity index (χ2n) is 2.58. The Morgan fingerprint density at radius 3 is 2.92 bits per heavy atom. The van der Waals surface area contributed by atoms with Gasteiger partial charge in [0, 0.05) is 0 Å². The van der Waals surface area contributed by atoms with Crippen molar-refractivity contribution < 1.29 is 0 Å². The number of hydrogen-bond donors (Lipinski definition) is 2. The van der Waals surface area contributed by atoms with Crippen LogP contribution in [-0.2, 0) is 0 Å². The van der Waals surface area contributed by atoms with Crippen LogP contribution in [0, 0.1) is 6.92 Å². The summed E-state index contributed by atoms with van der Waals surface area (Å²) in [4.78, 5) is 7.10. The number of rotatable bonds is 1. The van der Waals surface area contributed by atoms with Crippen LogP contribution in [0.4, 0.5) is 0 Å². The van der Waals surface area contributed by atoms with Gasteiger partial charge in [-0.2, -0.15) is 0 Å². The van der Waals surface area contributed by atoms with E-state index in [4.69, 9.17) is 0 Å². The van der Waals surface area contributed by atoms with E-state index in [1.807, 2.05) is 35.9 Å². The summed E-state index contributed by atoms with van der Waals surface area (Å²) in [6.07, 6.45) is 0. The van der Waals surface area contributed by atoms with E-state index in [1.54, 1.807) is 0 Å². The fraction of sp³-hybridized carbons (Fsp3) is 0.125. The Labute approximate surface area is 75.9 Å². The molecule has 1 aromatic carbocycles. The average molecular weight is 179 g/mol. The molecule has 2 rings (SSSR count). The average Bonchev–Trinajstić information content (AvgIpc) is 2.40. The molecule has 0 aliphatic rings. The van der Waals surface area contributed by atoms with E-state index in [0.29, 0.717) is 0 Å². The van der Waals surface area contributed by atoms with E-state index in [0.717, 1.165) is 16.9 Å². The van der Waals surface area contributed by atoms with E-state index in [1.165, 1.54) is 0 Å². The fourth-order valence-electron chi connectivity index (χ4n) is 1.27. The maximum absolute atomic E-state index is 4.34. The number of para-hydroxylation sites is 2. The number of fused-ring (bicyclic) bond motifs is 1. The van der Waals surface area contributed by atoms with E-state index >= 15 is 0 Å². The number of imidazole rings is 1. The molecule has 0 amide bonds. The smallest absolute Gasteiger partial charge is 0.126 e. The zero-order valence-corrected chi connectivity index (χ0v) is 7.55. The predicted octanol–water partition coefficient (Wildman–Crippen LogP) is 1.73. The Balaban J connectivity index is 2.81. The number of benzene rings is 1. The lowest BCUT2D eigenvalue weighted by Gasteiger charge is -2.01. The number of nitrogens with one attached hydrogen (secondary N) is 1.